The minimum atomic E-state index is -1.44. The average Bonchev–Trinajstić information content (AvgIpc) is 2.57. The molecule has 0 radical (unpaired) electrons. The second-order valence-corrected chi connectivity index (χ2v) is 11.6. The molecule has 0 amide bonds. The molecule has 0 bridgehead atoms. The summed E-state index contributed by atoms with van der Waals surface area (Å²) in [7, 11) is -1.44. The zero-order valence-electron chi connectivity index (χ0n) is 11.6. The van der Waals surface area contributed by atoms with Crippen molar-refractivity contribution in [3.63, 3.8) is 0 Å². The van der Waals surface area contributed by atoms with E-state index in [4.69, 9.17) is 0 Å². The van der Waals surface area contributed by atoms with Gasteiger partial charge in [0.15, 0.2) is 0 Å². The molecular formula is C16H24Si. The van der Waals surface area contributed by atoms with Crippen molar-refractivity contribution in [3.05, 3.63) is 42.5 Å². The van der Waals surface area contributed by atoms with Crippen molar-refractivity contribution in [1.82, 2.24) is 0 Å². The standard InChI is InChI=1S/C16H24Si/c1-13-11-17(12-14(13)2,16(3,4)5)15-9-7-6-8-10-15/h6-10,14H,1,11-12H2,2-5H3. The van der Waals surface area contributed by atoms with Gasteiger partial charge in [0.05, 0.1) is 8.07 Å². The summed E-state index contributed by atoms with van der Waals surface area (Å²) in [5.74, 6) is 0.709. The second kappa shape index (κ2) is 4.13. The first-order valence-corrected chi connectivity index (χ1v) is 9.01. The Kier molecular flexibility index (Phi) is 3.07. The minimum absolute atomic E-state index is 0.419. The molecule has 0 spiro atoms. The summed E-state index contributed by atoms with van der Waals surface area (Å²) >= 11 is 0. The van der Waals surface area contributed by atoms with Gasteiger partial charge in [-0.3, -0.25) is 0 Å². The van der Waals surface area contributed by atoms with Gasteiger partial charge in [-0.2, -0.15) is 0 Å². The molecule has 2 unspecified atom stereocenters. The van der Waals surface area contributed by atoms with Crippen LogP contribution in [0.2, 0.25) is 17.1 Å². The lowest BCUT2D eigenvalue weighted by molar-refractivity contribution is 0.709. The zero-order valence-corrected chi connectivity index (χ0v) is 12.6. The van der Waals surface area contributed by atoms with Gasteiger partial charge in [-0.05, 0) is 23.0 Å². The summed E-state index contributed by atoms with van der Waals surface area (Å²) < 4.78 is 0. The van der Waals surface area contributed by atoms with E-state index in [-0.39, 0.29) is 0 Å². The fourth-order valence-corrected chi connectivity index (χ4v) is 9.16. The highest BCUT2D eigenvalue weighted by Gasteiger charge is 2.50. The van der Waals surface area contributed by atoms with Crippen molar-refractivity contribution >= 4 is 13.3 Å². The number of rotatable bonds is 1. The first-order chi connectivity index (χ1) is 7.87. The summed E-state index contributed by atoms with van der Waals surface area (Å²) in [6, 6.07) is 13.9. The van der Waals surface area contributed by atoms with E-state index in [0.717, 1.165) is 0 Å². The molecule has 1 aromatic carbocycles. The molecule has 1 aliphatic heterocycles. The molecule has 1 saturated heterocycles. The minimum Gasteiger partial charge on any atom is -0.0999 e. The second-order valence-electron chi connectivity index (χ2n) is 6.64. The van der Waals surface area contributed by atoms with Crippen molar-refractivity contribution < 1.29 is 0 Å². The Morgan fingerprint density at radius 2 is 1.76 bits per heavy atom. The molecule has 0 nitrogen and oxygen atoms in total. The molecule has 2 rings (SSSR count). The molecule has 2 atom stereocenters. The Hall–Kier alpha value is -0.823. The highest BCUT2D eigenvalue weighted by atomic mass is 28.3. The van der Waals surface area contributed by atoms with Crippen LogP contribution in [0.3, 0.4) is 0 Å². The van der Waals surface area contributed by atoms with Gasteiger partial charge in [0.25, 0.3) is 0 Å². The number of benzene rings is 1. The van der Waals surface area contributed by atoms with E-state index in [0.29, 0.717) is 11.0 Å². The Morgan fingerprint density at radius 1 is 1.18 bits per heavy atom. The van der Waals surface area contributed by atoms with Crippen molar-refractivity contribution in [2.24, 2.45) is 5.92 Å². The summed E-state index contributed by atoms with van der Waals surface area (Å²) in [4.78, 5) is 0. The topological polar surface area (TPSA) is 0 Å². The summed E-state index contributed by atoms with van der Waals surface area (Å²) in [6.07, 6.45) is 0. The largest absolute Gasteiger partial charge is 0.0999 e. The Bertz CT molecular complexity index is 413. The SMILES string of the molecule is C=C1C[Si](c2ccccc2)(C(C)(C)C)CC1C. The molecule has 1 aromatic rings. The van der Waals surface area contributed by atoms with Crippen LogP contribution in [-0.2, 0) is 0 Å². The maximum Gasteiger partial charge on any atom is 0.0965 e. The third-order valence-corrected chi connectivity index (χ3v) is 11.3. The highest BCUT2D eigenvalue weighted by molar-refractivity contribution is 6.95. The third-order valence-electron chi connectivity index (χ3n) is 4.64. The van der Waals surface area contributed by atoms with Crippen LogP contribution in [0.25, 0.3) is 0 Å². The van der Waals surface area contributed by atoms with Crippen LogP contribution in [0.4, 0.5) is 0 Å². The molecule has 17 heavy (non-hydrogen) atoms. The first-order valence-electron chi connectivity index (χ1n) is 6.60. The van der Waals surface area contributed by atoms with Crippen LogP contribution in [-0.4, -0.2) is 8.07 Å². The van der Waals surface area contributed by atoms with E-state index in [2.05, 4.69) is 64.6 Å². The maximum atomic E-state index is 4.30. The van der Waals surface area contributed by atoms with Gasteiger partial charge in [-0.15, -0.1) is 0 Å². The predicted molar refractivity (Wildman–Crippen MR) is 79.5 cm³/mol. The molecule has 1 heteroatoms. The smallest absolute Gasteiger partial charge is 0.0965 e. The van der Waals surface area contributed by atoms with E-state index in [1.807, 2.05) is 0 Å². The molecule has 0 saturated carbocycles. The maximum absolute atomic E-state index is 4.30. The third kappa shape index (κ3) is 2.01. The van der Waals surface area contributed by atoms with E-state index >= 15 is 0 Å². The normalized spacial score (nSPS) is 29.6. The van der Waals surface area contributed by atoms with Gasteiger partial charge in [-0.25, -0.2) is 0 Å². The lowest BCUT2D eigenvalue weighted by atomic mass is 10.1. The fourth-order valence-electron chi connectivity index (χ4n) is 3.28. The van der Waals surface area contributed by atoms with Crippen LogP contribution in [0.5, 0.6) is 0 Å². The summed E-state index contributed by atoms with van der Waals surface area (Å²) in [5.41, 5.74) is 1.48. The first kappa shape index (κ1) is 12.6. The van der Waals surface area contributed by atoms with E-state index in [9.17, 15) is 0 Å². The number of hydrogen-bond acceptors (Lipinski definition) is 0. The van der Waals surface area contributed by atoms with Crippen LogP contribution in [0.15, 0.2) is 42.5 Å². The Morgan fingerprint density at radius 3 is 2.18 bits per heavy atom. The lowest BCUT2D eigenvalue weighted by Gasteiger charge is -2.40. The monoisotopic (exact) mass is 244 g/mol. The summed E-state index contributed by atoms with van der Waals surface area (Å²) in [6.45, 7) is 13.9. The van der Waals surface area contributed by atoms with Gasteiger partial charge in [0, 0.05) is 0 Å². The number of allylic oxidation sites excluding steroid dienone is 1. The highest BCUT2D eigenvalue weighted by Crippen LogP contribution is 2.50. The molecule has 92 valence electrons. The van der Waals surface area contributed by atoms with E-state index < -0.39 is 8.07 Å². The lowest BCUT2D eigenvalue weighted by Crippen LogP contribution is -2.52. The molecule has 0 N–H and O–H groups in total. The van der Waals surface area contributed by atoms with Gasteiger partial charge in [0.1, 0.15) is 0 Å². The van der Waals surface area contributed by atoms with Crippen molar-refractivity contribution in [3.8, 4) is 0 Å². The number of hydrogen-bond donors (Lipinski definition) is 0. The van der Waals surface area contributed by atoms with Gasteiger partial charge in [-0.1, -0.05) is 75.4 Å². The predicted octanol–water partition coefficient (Wildman–Crippen LogP) is 4.35. The zero-order chi connectivity index (χ0) is 12.7. The average molecular weight is 244 g/mol. The van der Waals surface area contributed by atoms with Gasteiger partial charge in [0.2, 0.25) is 0 Å². The van der Waals surface area contributed by atoms with Crippen molar-refractivity contribution in [2.45, 2.75) is 44.8 Å². The molecule has 1 aliphatic rings. The van der Waals surface area contributed by atoms with Crippen LogP contribution in [0, 0.1) is 5.92 Å². The van der Waals surface area contributed by atoms with Gasteiger partial charge < -0.3 is 0 Å². The molecule has 1 heterocycles. The summed E-state index contributed by atoms with van der Waals surface area (Å²) in [5, 5.41) is 2.04. The fraction of sp³-hybridized carbons (Fsp3) is 0.500. The Labute approximate surface area is 107 Å². The van der Waals surface area contributed by atoms with Crippen LogP contribution >= 0.6 is 0 Å². The van der Waals surface area contributed by atoms with Crippen LogP contribution in [0.1, 0.15) is 27.7 Å². The van der Waals surface area contributed by atoms with E-state index in [1.165, 1.54) is 17.7 Å². The van der Waals surface area contributed by atoms with Gasteiger partial charge >= 0.3 is 0 Å². The van der Waals surface area contributed by atoms with Crippen LogP contribution < -0.4 is 5.19 Å². The quantitative estimate of drug-likeness (QED) is 0.509. The molecular weight excluding hydrogens is 220 g/mol. The Balaban J connectivity index is 2.51. The molecule has 0 aromatic heterocycles. The van der Waals surface area contributed by atoms with E-state index in [1.54, 1.807) is 5.19 Å². The van der Waals surface area contributed by atoms with Crippen molar-refractivity contribution in [2.75, 3.05) is 0 Å². The molecule has 1 fully saturated rings. The van der Waals surface area contributed by atoms with Crippen molar-refractivity contribution in [1.29, 1.82) is 0 Å². The molecule has 0 aliphatic carbocycles.